The van der Waals surface area contributed by atoms with Crippen LogP contribution in [0.1, 0.15) is 24.2 Å². The predicted octanol–water partition coefficient (Wildman–Crippen LogP) is -0.346. The van der Waals surface area contributed by atoms with E-state index in [1.54, 1.807) is 7.11 Å². The van der Waals surface area contributed by atoms with Gasteiger partial charge >= 0.3 is 0 Å². The van der Waals surface area contributed by atoms with Gasteiger partial charge in [0.25, 0.3) is 0 Å². The Kier molecular flexibility index (Phi) is 3.30. The Morgan fingerprint density at radius 1 is 1.67 bits per heavy atom. The minimum absolute atomic E-state index is 0.0104. The summed E-state index contributed by atoms with van der Waals surface area (Å²) in [4.78, 5) is 4.23. The largest absolute Gasteiger partial charge is 0.392 e. The van der Waals surface area contributed by atoms with Crippen LogP contribution < -0.4 is 5.32 Å². The molecule has 0 radical (unpaired) electrons. The van der Waals surface area contributed by atoms with Crippen molar-refractivity contribution in [3.8, 4) is 0 Å². The molecule has 2 atom stereocenters. The summed E-state index contributed by atoms with van der Waals surface area (Å²) in [5.41, 5.74) is 0. The molecule has 6 heteroatoms. The van der Waals surface area contributed by atoms with Crippen LogP contribution in [0.15, 0.2) is 4.52 Å². The van der Waals surface area contributed by atoms with Crippen LogP contribution in [-0.4, -0.2) is 41.6 Å². The van der Waals surface area contributed by atoms with E-state index in [0.717, 1.165) is 0 Å². The van der Waals surface area contributed by atoms with Gasteiger partial charge in [-0.2, -0.15) is 4.98 Å². The maximum atomic E-state index is 9.34. The zero-order valence-corrected chi connectivity index (χ0v) is 8.64. The molecule has 0 spiro atoms. The van der Waals surface area contributed by atoms with Crippen LogP contribution in [0.5, 0.6) is 0 Å². The summed E-state index contributed by atoms with van der Waals surface area (Å²) in [6, 6.07) is -0.0104. The first-order valence-corrected chi connectivity index (χ1v) is 5.02. The van der Waals surface area contributed by atoms with E-state index >= 15 is 0 Å². The maximum Gasteiger partial charge on any atom is 0.243 e. The normalized spacial score (nSPS) is 26.0. The predicted molar refractivity (Wildman–Crippen MR) is 51.2 cm³/mol. The number of nitrogens with one attached hydrogen (secondary N) is 1. The second kappa shape index (κ2) is 4.69. The lowest BCUT2D eigenvalue weighted by Gasteiger charge is -2.01. The van der Waals surface area contributed by atoms with Gasteiger partial charge in [-0.25, -0.2) is 0 Å². The lowest BCUT2D eigenvalue weighted by molar-refractivity contribution is 0.191. The summed E-state index contributed by atoms with van der Waals surface area (Å²) in [5.74, 6) is 1.20. The molecule has 1 aromatic heterocycles. The third kappa shape index (κ3) is 2.53. The molecule has 1 fully saturated rings. The van der Waals surface area contributed by atoms with Crippen LogP contribution in [0.4, 0.5) is 0 Å². The van der Waals surface area contributed by atoms with Crippen LogP contribution in [0, 0.1) is 0 Å². The molecule has 15 heavy (non-hydrogen) atoms. The molecule has 1 aliphatic rings. The Morgan fingerprint density at radius 3 is 3.20 bits per heavy atom. The van der Waals surface area contributed by atoms with E-state index in [-0.39, 0.29) is 12.1 Å². The second-order valence-electron chi connectivity index (χ2n) is 3.64. The molecular weight excluding hydrogens is 198 g/mol. The van der Waals surface area contributed by atoms with Crippen LogP contribution in [0.3, 0.4) is 0 Å². The molecule has 1 aromatic rings. The molecule has 1 saturated heterocycles. The Hall–Kier alpha value is -0.980. The van der Waals surface area contributed by atoms with Gasteiger partial charge in [-0.3, -0.25) is 0 Å². The summed E-state index contributed by atoms with van der Waals surface area (Å²) in [6.45, 7) is 1.17. The average molecular weight is 213 g/mol. The van der Waals surface area contributed by atoms with E-state index in [1.807, 2.05) is 0 Å². The van der Waals surface area contributed by atoms with E-state index in [0.29, 0.717) is 37.7 Å². The fourth-order valence-electron chi connectivity index (χ4n) is 1.61. The zero-order chi connectivity index (χ0) is 10.7. The molecule has 0 aliphatic carbocycles. The number of rotatable bonds is 4. The van der Waals surface area contributed by atoms with Gasteiger partial charge < -0.3 is 19.7 Å². The number of aliphatic hydroxyl groups is 1. The number of nitrogens with zero attached hydrogens (tertiary/aromatic N) is 2. The summed E-state index contributed by atoms with van der Waals surface area (Å²) < 4.78 is 10.0. The molecule has 0 amide bonds. The fourth-order valence-corrected chi connectivity index (χ4v) is 1.61. The topological polar surface area (TPSA) is 80.4 Å². The first kappa shape index (κ1) is 10.5. The van der Waals surface area contributed by atoms with Gasteiger partial charge in [-0.15, -0.1) is 0 Å². The van der Waals surface area contributed by atoms with Gasteiger partial charge in [0.05, 0.1) is 18.8 Å². The number of aliphatic hydroxyl groups excluding tert-OH is 1. The standard InChI is InChI=1S/C9H15N3O3/c1-14-3-2-8-11-9(15-12-8)7-4-6(13)5-10-7/h6-7,10,13H,2-5H2,1H3/t6-,7+/m1/s1. The lowest BCUT2D eigenvalue weighted by atomic mass is 10.2. The zero-order valence-electron chi connectivity index (χ0n) is 8.64. The number of ether oxygens (including phenoxy) is 1. The van der Waals surface area contributed by atoms with Gasteiger partial charge in [0.15, 0.2) is 5.82 Å². The fraction of sp³-hybridized carbons (Fsp3) is 0.778. The van der Waals surface area contributed by atoms with Crippen LogP contribution >= 0.6 is 0 Å². The van der Waals surface area contributed by atoms with Crippen LogP contribution in [-0.2, 0) is 11.2 Å². The van der Waals surface area contributed by atoms with Crippen molar-refractivity contribution in [1.29, 1.82) is 0 Å². The molecule has 1 aliphatic heterocycles. The van der Waals surface area contributed by atoms with Crippen molar-refractivity contribution >= 4 is 0 Å². The van der Waals surface area contributed by atoms with Crippen molar-refractivity contribution in [2.45, 2.75) is 25.0 Å². The highest BCUT2D eigenvalue weighted by Crippen LogP contribution is 2.21. The molecule has 0 aromatic carbocycles. The van der Waals surface area contributed by atoms with Crippen molar-refractivity contribution < 1.29 is 14.4 Å². The molecule has 0 unspecified atom stereocenters. The first-order valence-electron chi connectivity index (χ1n) is 5.02. The molecule has 0 saturated carbocycles. The second-order valence-corrected chi connectivity index (χ2v) is 3.64. The smallest absolute Gasteiger partial charge is 0.243 e. The van der Waals surface area contributed by atoms with Gasteiger partial charge in [-0.1, -0.05) is 5.16 Å². The molecule has 0 bridgehead atoms. The molecule has 2 N–H and O–H groups in total. The van der Waals surface area contributed by atoms with E-state index in [2.05, 4.69) is 15.5 Å². The van der Waals surface area contributed by atoms with E-state index in [4.69, 9.17) is 9.26 Å². The van der Waals surface area contributed by atoms with E-state index in [1.165, 1.54) is 0 Å². The summed E-state index contributed by atoms with van der Waals surface area (Å²) in [7, 11) is 1.63. The molecular formula is C9H15N3O3. The highest BCUT2D eigenvalue weighted by molar-refractivity contribution is 4.97. The van der Waals surface area contributed by atoms with Crippen molar-refractivity contribution in [3.63, 3.8) is 0 Å². The maximum absolute atomic E-state index is 9.34. The Bertz CT molecular complexity index is 315. The van der Waals surface area contributed by atoms with Crippen molar-refractivity contribution in [2.24, 2.45) is 0 Å². The summed E-state index contributed by atoms with van der Waals surface area (Å²) in [5, 5.41) is 16.3. The van der Waals surface area contributed by atoms with Gasteiger partial charge in [0.1, 0.15) is 0 Å². The monoisotopic (exact) mass is 213 g/mol. The highest BCUT2D eigenvalue weighted by Gasteiger charge is 2.27. The number of hydrogen-bond acceptors (Lipinski definition) is 6. The van der Waals surface area contributed by atoms with E-state index < -0.39 is 0 Å². The third-order valence-electron chi connectivity index (χ3n) is 2.42. The van der Waals surface area contributed by atoms with Gasteiger partial charge in [0.2, 0.25) is 5.89 Å². The Morgan fingerprint density at radius 2 is 2.53 bits per heavy atom. The third-order valence-corrected chi connectivity index (χ3v) is 2.42. The Balaban J connectivity index is 1.94. The Labute approximate surface area is 87.6 Å². The SMILES string of the molecule is COCCc1noc([C@@H]2C[C@@H](O)CN2)n1. The van der Waals surface area contributed by atoms with Crippen molar-refractivity contribution in [3.05, 3.63) is 11.7 Å². The number of aromatic nitrogens is 2. The van der Waals surface area contributed by atoms with E-state index in [9.17, 15) is 5.11 Å². The minimum Gasteiger partial charge on any atom is -0.392 e. The van der Waals surface area contributed by atoms with Crippen LogP contribution in [0.2, 0.25) is 0 Å². The van der Waals surface area contributed by atoms with Crippen molar-refractivity contribution in [2.75, 3.05) is 20.3 Å². The number of methoxy groups -OCH3 is 1. The number of hydrogen-bond donors (Lipinski definition) is 2. The van der Waals surface area contributed by atoms with Crippen molar-refractivity contribution in [1.82, 2.24) is 15.5 Å². The minimum atomic E-state index is -0.315. The van der Waals surface area contributed by atoms with Gasteiger partial charge in [0, 0.05) is 20.1 Å². The van der Waals surface area contributed by atoms with Gasteiger partial charge in [-0.05, 0) is 6.42 Å². The molecule has 84 valence electrons. The summed E-state index contributed by atoms with van der Waals surface area (Å²) >= 11 is 0. The molecule has 2 heterocycles. The lowest BCUT2D eigenvalue weighted by Crippen LogP contribution is -2.15. The number of β-amino-alcohol motifs (C(OH)–C–C–N with tert-alkyl or cyclic N) is 1. The highest BCUT2D eigenvalue weighted by atomic mass is 16.5. The molecule has 2 rings (SSSR count). The first-order chi connectivity index (χ1) is 7.29. The quantitative estimate of drug-likeness (QED) is 0.711. The van der Waals surface area contributed by atoms with Crippen LogP contribution in [0.25, 0.3) is 0 Å². The molecule has 6 nitrogen and oxygen atoms in total. The average Bonchev–Trinajstić information content (AvgIpc) is 2.83. The summed E-state index contributed by atoms with van der Waals surface area (Å²) in [6.07, 6.45) is 0.964.